The lowest BCUT2D eigenvalue weighted by molar-refractivity contribution is 0.264. The van der Waals surface area contributed by atoms with E-state index in [0.717, 1.165) is 31.9 Å². The number of rotatable bonds is 4. The second-order valence-corrected chi connectivity index (χ2v) is 5.38. The number of aryl methyl sites for hydroxylation is 1. The summed E-state index contributed by atoms with van der Waals surface area (Å²) in [7, 11) is 1.98. The van der Waals surface area contributed by atoms with Crippen LogP contribution in [-0.4, -0.2) is 22.9 Å². The summed E-state index contributed by atoms with van der Waals surface area (Å²) in [4.78, 5) is 0. The van der Waals surface area contributed by atoms with Crippen molar-refractivity contribution in [2.75, 3.05) is 13.2 Å². The summed E-state index contributed by atoms with van der Waals surface area (Å²) < 4.78 is 7.62. The zero-order valence-corrected chi connectivity index (χ0v) is 12.1. The smallest absolute Gasteiger partial charge is 0.122 e. The van der Waals surface area contributed by atoms with Gasteiger partial charge in [0.25, 0.3) is 0 Å². The Balaban J connectivity index is 1.61. The summed E-state index contributed by atoms with van der Waals surface area (Å²) in [6.45, 7) is 4.77. The van der Waals surface area contributed by atoms with Gasteiger partial charge in [-0.05, 0) is 25.0 Å². The highest BCUT2D eigenvalue weighted by Gasteiger charge is 2.20. The molecule has 3 rings (SSSR count). The number of hydrogen-bond donors (Lipinski definition) is 1. The van der Waals surface area contributed by atoms with Gasteiger partial charge >= 0.3 is 0 Å². The summed E-state index contributed by atoms with van der Waals surface area (Å²) in [6, 6.07) is 8.36. The molecule has 0 amide bonds. The van der Waals surface area contributed by atoms with Gasteiger partial charge in [0.1, 0.15) is 5.75 Å². The Morgan fingerprint density at radius 2 is 2.25 bits per heavy atom. The molecule has 106 valence electrons. The Hall–Kier alpha value is -1.81. The molecule has 0 saturated heterocycles. The van der Waals surface area contributed by atoms with E-state index >= 15 is 0 Å². The van der Waals surface area contributed by atoms with Gasteiger partial charge in [0.2, 0.25) is 0 Å². The van der Waals surface area contributed by atoms with Crippen molar-refractivity contribution >= 4 is 0 Å². The third-order valence-electron chi connectivity index (χ3n) is 4.13. The second-order valence-electron chi connectivity index (χ2n) is 5.38. The van der Waals surface area contributed by atoms with Crippen molar-refractivity contribution in [2.45, 2.75) is 25.8 Å². The minimum atomic E-state index is 0.539. The number of nitrogens with one attached hydrogen (secondary N) is 1. The fraction of sp³-hybridized carbons (Fsp3) is 0.438. The summed E-state index contributed by atoms with van der Waals surface area (Å²) in [5.41, 5.74) is 3.83. The van der Waals surface area contributed by atoms with Crippen LogP contribution in [0.4, 0.5) is 0 Å². The number of aromatic nitrogens is 2. The Morgan fingerprint density at radius 1 is 1.40 bits per heavy atom. The Kier molecular flexibility index (Phi) is 3.74. The summed E-state index contributed by atoms with van der Waals surface area (Å²) in [6.07, 6.45) is 3.02. The number of para-hydroxylation sites is 1. The van der Waals surface area contributed by atoms with Crippen molar-refractivity contribution in [3.63, 3.8) is 0 Å². The van der Waals surface area contributed by atoms with Gasteiger partial charge < -0.3 is 10.1 Å². The maximum Gasteiger partial charge on any atom is 0.122 e. The first kappa shape index (κ1) is 13.2. The summed E-state index contributed by atoms with van der Waals surface area (Å²) >= 11 is 0. The van der Waals surface area contributed by atoms with Gasteiger partial charge in [0.05, 0.1) is 12.8 Å². The quantitative estimate of drug-likeness (QED) is 0.928. The molecule has 1 aromatic heterocycles. The maximum atomic E-state index is 5.70. The third-order valence-corrected chi connectivity index (χ3v) is 4.13. The molecule has 0 fully saturated rings. The largest absolute Gasteiger partial charge is 0.493 e. The van der Waals surface area contributed by atoms with Gasteiger partial charge in [-0.1, -0.05) is 18.2 Å². The zero-order chi connectivity index (χ0) is 13.9. The lowest BCUT2D eigenvalue weighted by Gasteiger charge is -2.26. The van der Waals surface area contributed by atoms with Gasteiger partial charge in [-0.25, -0.2) is 0 Å². The highest BCUT2D eigenvalue weighted by Crippen LogP contribution is 2.32. The van der Waals surface area contributed by atoms with Crippen LogP contribution in [0.2, 0.25) is 0 Å². The minimum Gasteiger partial charge on any atom is -0.493 e. The van der Waals surface area contributed by atoms with E-state index in [1.165, 1.54) is 16.8 Å². The van der Waals surface area contributed by atoms with Gasteiger partial charge in [0.15, 0.2) is 0 Å². The summed E-state index contributed by atoms with van der Waals surface area (Å²) in [5.74, 6) is 1.58. The van der Waals surface area contributed by atoms with E-state index in [2.05, 4.69) is 35.5 Å². The van der Waals surface area contributed by atoms with E-state index in [9.17, 15) is 0 Å². The fourth-order valence-corrected chi connectivity index (χ4v) is 2.73. The number of hydrogen-bond acceptors (Lipinski definition) is 3. The molecular formula is C16H21N3O. The molecule has 1 aliphatic rings. The van der Waals surface area contributed by atoms with Crippen molar-refractivity contribution in [1.82, 2.24) is 15.1 Å². The third kappa shape index (κ3) is 2.56. The van der Waals surface area contributed by atoms with E-state index in [0.29, 0.717) is 5.92 Å². The molecule has 1 aromatic carbocycles. The van der Waals surface area contributed by atoms with Crippen LogP contribution in [0.5, 0.6) is 5.75 Å². The lowest BCUT2D eigenvalue weighted by Crippen LogP contribution is -2.25. The Morgan fingerprint density at radius 3 is 3.05 bits per heavy atom. The van der Waals surface area contributed by atoms with Crippen LogP contribution in [0, 0.1) is 6.92 Å². The minimum absolute atomic E-state index is 0.539. The molecule has 1 aliphatic heterocycles. The van der Waals surface area contributed by atoms with Crippen molar-refractivity contribution in [1.29, 1.82) is 0 Å². The van der Waals surface area contributed by atoms with Gasteiger partial charge in [-0.2, -0.15) is 5.10 Å². The van der Waals surface area contributed by atoms with Crippen LogP contribution in [0.25, 0.3) is 0 Å². The first-order valence-electron chi connectivity index (χ1n) is 7.15. The number of ether oxygens (including phenoxy) is 1. The molecule has 4 nitrogen and oxygen atoms in total. The van der Waals surface area contributed by atoms with Crippen LogP contribution in [-0.2, 0) is 13.6 Å². The zero-order valence-electron chi connectivity index (χ0n) is 12.1. The highest BCUT2D eigenvalue weighted by atomic mass is 16.5. The van der Waals surface area contributed by atoms with E-state index in [4.69, 9.17) is 4.74 Å². The van der Waals surface area contributed by atoms with E-state index in [1.807, 2.05) is 24.0 Å². The molecule has 2 aromatic rings. The van der Waals surface area contributed by atoms with Crippen LogP contribution in [0.3, 0.4) is 0 Å². The first-order chi connectivity index (χ1) is 9.75. The van der Waals surface area contributed by atoms with Crippen molar-refractivity contribution < 1.29 is 4.74 Å². The average Bonchev–Trinajstić information content (AvgIpc) is 2.79. The van der Waals surface area contributed by atoms with Gasteiger partial charge in [0, 0.05) is 37.3 Å². The molecular weight excluding hydrogens is 250 g/mol. The van der Waals surface area contributed by atoms with Crippen LogP contribution >= 0.6 is 0 Å². The summed E-state index contributed by atoms with van der Waals surface area (Å²) in [5, 5.41) is 7.83. The fourth-order valence-electron chi connectivity index (χ4n) is 2.73. The molecule has 0 spiro atoms. The van der Waals surface area contributed by atoms with Crippen LogP contribution in [0.1, 0.15) is 29.2 Å². The molecule has 1 N–H and O–H groups in total. The van der Waals surface area contributed by atoms with Crippen LogP contribution in [0.15, 0.2) is 30.5 Å². The highest BCUT2D eigenvalue weighted by molar-refractivity contribution is 5.37. The number of fused-ring (bicyclic) bond motifs is 1. The topological polar surface area (TPSA) is 39.1 Å². The predicted octanol–water partition coefficient (Wildman–Crippen LogP) is 2.38. The molecule has 20 heavy (non-hydrogen) atoms. The molecule has 4 heteroatoms. The van der Waals surface area contributed by atoms with Crippen molar-refractivity contribution in [3.8, 4) is 5.75 Å². The standard InChI is InChI=1S/C16H21N3O/c1-12-14(11-18-19(12)2)10-17-9-13-7-8-20-16-6-4-3-5-15(13)16/h3-6,11,13,17H,7-10H2,1-2H3. The molecule has 1 atom stereocenters. The first-order valence-corrected chi connectivity index (χ1v) is 7.15. The van der Waals surface area contributed by atoms with Crippen molar-refractivity contribution in [3.05, 3.63) is 47.3 Å². The average molecular weight is 271 g/mol. The Bertz CT molecular complexity index is 591. The normalized spacial score (nSPS) is 17.6. The Labute approximate surface area is 119 Å². The van der Waals surface area contributed by atoms with Crippen LogP contribution < -0.4 is 10.1 Å². The molecule has 0 radical (unpaired) electrons. The maximum absolute atomic E-state index is 5.70. The van der Waals surface area contributed by atoms with E-state index in [1.54, 1.807) is 0 Å². The monoisotopic (exact) mass is 271 g/mol. The predicted molar refractivity (Wildman–Crippen MR) is 78.9 cm³/mol. The molecule has 0 aliphatic carbocycles. The SMILES string of the molecule is Cc1c(CNCC2CCOc3ccccc32)cnn1C. The molecule has 0 bridgehead atoms. The van der Waals surface area contributed by atoms with Crippen molar-refractivity contribution in [2.24, 2.45) is 7.05 Å². The second kappa shape index (κ2) is 5.67. The number of benzene rings is 1. The van der Waals surface area contributed by atoms with E-state index < -0.39 is 0 Å². The lowest BCUT2D eigenvalue weighted by atomic mass is 9.93. The molecule has 1 unspecified atom stereocenters. The number of nitrogens with zero attached hydrogens (tertiary/aromatic N) is 2. The van der Waals surface area contributed by atoms with Gasteiger partial charge in [-0.15, -0.1) is 0 Å². The molecule has 0 saturated carbocycles. The van der Waals surface area contributed by atoms with E-state index in [-0.39, 0.29) is 0 Å². The van der Waals surface area contributed by atoms with Gasteiger partial charge in [-0.3, -0.25) is 4.68 Å². The molecule has 2 heterocycles.